The van der Waals surface area contributed by atoms with Crippen LogP contribution in [0.15, 0.2) is 36.8 Å². The zero-order chi connectivity index (χ0) is 14.7. The van der Waals surface area contributed by atoms with Crippen LogP contribution in [0.5, 0.6) is 0 Å². The fraction of sp³-hybridized carbons (Fsp3) is 0.375. The fourth-order valence-electron chi connectivity index (χ4n) is 2.60. The van der Waals surface area contributed by atoms with Crippen molar-refractivity contribution >= 4 is 11.6 Å². The molecule has 0 aliphatic carbocycles. The van der Waals surface area contributed by atoms with Gasteiger partial charge in [0, 0.05) is 45.0 Å². The van der Waals surface area contributed by atoms with Gasteiger partial charge in [-0.1, -0.05) is 12.1 Å². The van der Waals surface area contributed by atoms with Crippen molar-refractivity contribution in [2.24, 2.45) is 7.05 Å². The lowest BCUT2D eigenvalue weighted by Crippen LogP contribution is -2.23. The molecule has 1 aliphatic heterocycles. The molecule has 5 nitrogen and oxygen atoms in total. The van der Waals surface area contributed by atoms with Crippen LogP contribution in [-0.2, 0) is 24.9 Å². The molecule has 2 heterocycles. The molecule has 1 aromatic heterocycles. The van der Waals surface area contributed by atoms with E-state index in [0.717, 1.165) is 37.4 Å². The molecule has 1 saturated heterocycles. The maximum absolute atomic E-state index is 11.7. The van der Waals surface area contributed by atoms with Crippen molar-refractivity contribution in [1.82, 2.24) is 14.9 Å². The molecule has 2 aromatic rings. The predicted octanol–water partition coefficient (Wildman–Crippen LogP) is 1.84. The third-order valence-corrected chi connectivity index (χ3v) is 3.87. The van der Waals surface area contributed by atoms with E-state index in [-0.39, 0.29) is 5.91 Å². The van der Waals surface area contributed by atoms with Crippen LogP contribution in [0.4, 0.5) is 5.69 Å². The number of benzene rings is 1. The maximum atomic E-state index is 11.7. The number of rotatable bonds is 5. The zero-order valence-electron chi connectivity index (χ0n) is 12.2. The van der Waals surface area contributed by atoms with Gasteiger partial charge in [-0.25, -0.2) is 4.98 Å². The molecule has 5 heteroatoms. The second kappa shape index (κ2) is 6.10. The Hall–Kier alpha value is -2.14. The first kappa shape index (κ1) is 13.8. The molecule has 0 bridgehead atoms. The van der Waals surface area contributed by atoms with Crippen LogP contribution < -0.4 is 10.2 Å². The average molecular weight is 284 g/mol. The van der Waals surface area contributed by atoms with E-state index in [2.05, 4.69) is 22.4 Å². The molecule has 21 heavy (non-hydrogen) atoms. The van der Waals surface area contributed by atoms with Crippen molar-refractivity contribution in [3.8, 4) is 0 Å². The molecule has 1 fully saturated rings. The minimum Gasteiger partial charge on any atom is -0.337 e. The zero-order valence-corrected chi connectivity index (χ0v) is 12.2. The molecular formula is C16H20N4O. The van der Waals surface area contributed by atoms with Crippen LogP contribution in [0.25, 0.3) is 0 Å². The lowest BCUT2D eigenvalue weighted by molar-refractivity contribution is -0.117. The molecule has 0 spiro atoms. The Morgan fingerprint density at radius 3 is 2.67 bits per heavy atom. The monoisotopic (exact) mass is 284 g/mol. The number of anilines is 1. The van der Waals surface area contributed by atoms with Crippen molar-refractivity contribution < 1.29 is 4.79 Å². The normalized spacial score (nSPS) is 14.9. The molecular weight excluding hydrogens is 264 g/mol. The standard InChI is InChI=1S/C16H20N4O/c1-19-12-18-11-15(19)10-17-9-13-4-6-14(7-5-13)20-8-2-3-16(20)21/h4-7,11-12,17H,2-3,8-10H2,1H3. The Kier molecular flexibility index (Phi) is 4.01. The van der Waals surface area contributed by atoms with Gasteiger partial charge in [-0.15, -0.1) is 0 Å². The average Bonchev–Trinajstić information content (AvgIpc) is 3.09. The van der Waals surface area contributed by atoms with Crippen LogP contribution in [0, 0.1) is 0 Å². The van der Waals surface area contributed by atoms with Crippen LogP contribution in [0.3, 0.4) is 0 Å². The Labute approximate surface area is 124 Å². The van der Waals surface area contributed by atoms with E-state index in [9.17, 15) is 4.79 Å². The number of aryl methyl sites for hydroxylation is 1. The Balaban J connectivity index is 1.55. The quantitative estimate of drug-likeness (QED) is 0.911. The molecule has 3 rings (SSSR count). The summed E-state index contributed by atoms with van der Waals surface area (Å²) in [4.78, 5) is 17.7. The first-order valence-corrected chi connectivity index (χ1v) is 7.29. The number of imidazole rings is 1. The summed E-state index contributed by atoms with van der Waals surface area (Å²) in [5.74, 6) is 0.233. The Bertz CT molecular complexity index is 617. The van der Waals surface area contributed by atoms with Gasteiger partial charge in [-0.2, -0.15) is 0 Å². The van der Waals surface area contributed by atoms with E-state index in [1.807, 2.05) is 34.8 Å². The van der Waals surface area contributed by atoms with Gasteiger partial charge in [0.25, 0.3) is 0 Å². The Morgan fingerprint density at radius 1 is 1.24 bits per heavy atom. The molecule has 0 atom stereocenters. The van der Waals surface area contributed by atoms with Crippen molar-refractivity contribution in [2.45, 2.75) is 25.9 Å². The smallest absolute Gasteiger partial charge is 0.227 e. The van der Waals surface area contributed by atoms with Gasteiger partial charge < -0.3 is 14.8 Å². The highest BCUT2D eigenvalue weighted by molar-refractivity contribution is 5.95. The van der Waals surface area contributed by atoms with E-state index < -0.39 is 0 Å². The van der Waals surface area contributed by atoms with Crippen molar-refractivity contribution in [3.05, 3.63) is 48.0 Å². The minimum absolute atomic E-state index is 0.233. The predicted molar refractivity (Wildman–Crippen MR) is 81.8 cm³/mol. The van der Waals surface area contributed by atoms with Gasteiger partial charge in [0.05, 0.1) is 12.0 Å². The third kappa shape index (κ3) is 3.13. The van der Waals surface area contributed by atoms with E-state index in [4.69, 9.17) is 0 Å². The van der Waals surface area contributed by atoms with E-state index in [0.29, 0.717) is 6.42 Å². The van der Waals surface area contributed by atoms with Crippen molar-refractivity contribution in [1.29, 1.82) is 0 Å². The van der Waals surface area contributed by atoms with Gasteiger partial charge in [0.15, 0.2) is 0 Å². The summed E-state index contributed by atoms with van der Waals surface area (Å²) in [5.41, 5.74) is 3.38. The number of hydrogen-bond donors (Lipinski definition) is 1. The van der Waals surface area contributed by atoms with Gasteiger partial charge in [-0.05, 0) is 24.1 Å². The van der Waals surface area contributed by atoms with E-state index in [1.54, 1.807) is 6.33 Å². The molecule has 1 aromatic carbocycles. The minimum atomic E-state index is 0.233. The summed E-state index contributed by atoms with van der Waals surface area (Å²) >= 11 is 0. The number of nitrogens with one attached hydrogen (secondary N) is 1. The van der Waals surface area contributed by atoms with Crippen LogP contribution in [-0.4, -0.2) is 22.0 Å². The summed E-state index contributed by atoms with van der Waals surface area (Å²) in [6, 6.07) is 8.23. The molecule has 110 valence electrons. The highest BCUT2D eigenvalue weighted by Crippen LogP contribution is 2.21. The van der Waals surface area contributed by atoms with Gasteiger partial charge in [-0.3, -0.25) is 4.79 Å². The van der Waals surface area contributed by atoms with Gasteiger partial charge in [0.2, 0.25) is 5.91 Å². The SMILES string of the molecule is Cn1cncc1CNCc1ccc(N2CCCC2=O)cc1. The highest BCUT2D eigenvalue weighted by atomic mass is 16.2. The van der Waals surface area contributed by atoms with Crippen LogP contribution >= 0.6 is 0 Å². The molecule has 0 unspecified atom stereocenters. The van der Waals surface area contributed by atoms with Gasteiger partial charge in [0.1, 0.15) is 0 Å². The van der Waals surface area contributed by atoms with Crippen molar-refractivity contribution in [3.63, 3.8) is 0 Å². The van der Waals surface area contributed by atoms with Crippen LogP contribution in [0.1, 0.15) is 24.1 Å². The second-order valence-electron chi connectivity index (χ2n) is 5.41. The molecule has 0 radical (unpaired) electrons. The number of amides is 1. The number of carbonyl (C=O) groups excluding carboxylic acids is 1. The molecule has 1 aliphatic rings. The number of nitrogens with zero attached hydrogens (tertiary/aromatic N) is 3. The largest absolute Gasteiger partial charge is 0.337 e. The van der Waals surface area contributed by atoms with E-state index in [1.165, 1.54) is 5.56 Å². The fourth-order valence-corrected chi connectivity index (χ4v) is 2.60. The highest BCUT2D eigenvalue weighted by Gasteiger charge is 2.21. The number of carbonyl (C=O) groups is 1. The van der Waals surface area contributed by atoms with Crippen molar-refractivity contribution in [2.75, 3.05) is 11.4 Å². The lowest BCUT2D eigenvalue weighted by atomic mass is 10.2. The first-order chi connectivity index (χ1) is 10.2. The number of hydrogen-bond acceptors (Lipinski definition) is 3. The summed E-state index contributed by atoms with van der Waals surface area (Å²) in [7, 11) is 1.99. The number of aromatic nitrogens is 2. The summed E-state index contributed by atoms with van der Waals surface area (Å²) in [6.07, 6.45) is 5.31. The summed E-state index contributed by atoms with van der Waals surface area (Å²) < 4.78 is 2.01. The molecule has 0 saturated carbocycles. The van der Waals surface area contributed by atoms with Gasteiger partial charge >= 0.3 is 0 Å². The molecule has 1 N–H and O–H groups in total. The summed E-state index contributed by atoms with van der Waals surface area (Å²) in [6.45, 7) is 2.44. The molecule has 1 amide bonds. The first-order valence-electron chi connectivity index (χ1n) is 7.29. The maximum Gasteiger partial charge on any atom is 0.227 e. The Morgan fingerprint density at radius 2 is 2.05 bits per heavy atom. The van der Waals surface area contributed by atoms with Crippen LogP contribution in [0.2, 0.25) is 0 Å². The van der Waals surface area contributed by atoms with E-state index >= 15 is 0 Å². The summed E-state index contributed by atoms with van der Waals surface area (Å²) in [5, 5.41) is 3.40. The second-order valence-corrected chi connectivity index (χ2v) is 5.41. The topological polar surface area (TPSA) is 50.2 Å². The third-order valence-electron chi connectivity index (χ3n) is 3.87. The lowest BCUT2D eigenvalue weighted by Gasteiger charge is -2.16.